The molecule has 0 aliphatic rings. The standard InChI is InChI=1S/3C21H21P.Co.HI/c3*1-16-4-10-19(11-5-16)22(20-12-6-17(2)7-13-20)21-14-8-18(3)9-15-21;;/h3*4-15H,1-3H3;;1H/q;;;-2;/p+2. The van der Waals surface area contributed by atoms with Gasteiger partial charge in [0.15, 0.2) is 0 Å². The van der Waals surface area contributed by atoms with E-state index in [0.29, 0.717) is 0 Å². The van der Waals surface area contributed by atoms with Crippen molar-refractivity contribution < 1.29 is 8.09 Å². The van der Waals surface area contributed by atoms with Gasteiger partial charge in [-0.2, -0.15) is 0 Å². The summed E-state index contributed by atoms with van der Waals surface area (Å²) in [5.41, 5.74) is 11.5. The summed E-state index contributed by atoms with van der Waals surface area (Å²) in [7, 11) is -2.90. The molecule has 0 saturated carbocycles. The second kappa shape index (κ2) is 19.7. The molecule has 0 atom stereocenters. The van der Waals surface area contributed by atoms with E-state index in [4.69, 9.17) is 0 Å². The summed E-state index contributed by atoms with van der Waals surface area (Å²) in [6.45, 7) is 20.3. The third-order valence-electron chi connectivity index (χ3n) is 14.0. The first-order chi connectivity index (χ1) is 32.7. The van der Waals surface area contributed by atoms with Gasteiger partial charge in [0.25, 0.3) is 0 Å². The van der Waals surface area contributed by atoms with E-state index in [-0.39, 0.29) is 0 Å². The van der Waals surface area contributed by atoms with Crippen LogP contribution in [0.1, 0.15) is 50.1 Å². The predicted molar refractivity (Wildman–Crippen MR) is 316 cm³/mol. The number of rotatable bonds is 12. The Morgan fingerprint density at radius 3 is 0.368 bits per heavy atom. The third-order valence-corrected chi connectivity index (χ3v) is 82.3. The molecule has 0 aliphatic heterocycles. The molecule has 349 valence electrons. The van der Waals surface area contributed by atoms with Crippen molar-refractivity contribution in [1.29, 1.82) is 0 Å². The van der Waals surface area contributed by atoms with E-state index in [1.165, 1.54) is 97.8 Å². The van der Waals surface area contributed by atoms with Gasteiger partial charge in [-0.15, -0.1) is 0 Å². The molecule has 0 spiro atoms. The van der Waals surface area contributed by atoms with Crippen molar-refractivity contribution in [2.24, 2.45) is 0 Å². The summed E-state index contributed by atoms with van der Waals surface area (Å²) in [4.78, 5) is 0. The molecule has 68 heavy (non-hydrogen) atoms. The van der Waals surface area contributed by atoms with Crippen LogP contribution in [0, 0.1) is 62.3 Å². The number of aryl methyl sites for hydroxylation is 9. The van der Waals surface area contributed by atoms with Crippen molar-refractivity contribution >= 4 is 86.1 Å². The van der Waals surface area contributed by atoms with Crippen LogP contribution >= 0.6 is 38.4 Å². The summed E-state index contributed by atoms with van der Waals surface area (Å²) >= 11 is 3.42. The van der Waals surface area contributed by atoms with E-state index in [9.17, 15) is 0 Å². The molecule has 0 N–H and O–H groups in total. The Morgan fingerprint density at radius 2 is 0.279 bits per heavy atom. The molecule has 0 saturated heterocycles. The van der Waals surface area contributed by atoms with Crippen LogP contribution in [0.2, 0.25) is 0 Å². The van der Waals surface area contributed by atoms with Crippen LogP contribution in [0.15, 0.2) is 218 Å². The fourth-order valence-corrected chi connectivity index (χ4v) is 102. The van der Waals surface area contributed by atoms with Gasteiger partial charge >= 0.3 is 425 Å². The van der Waals surface area contributed by atoms with E-state index < -0.39 is 26.1 Å². The Kier molecular flexibility index (Phi) is 14.1. The second-order valence-corrected chi connectivity index (χ2v) is 59.6. The van der Waals surface area contributed by atoms with Crippen LogP contribution in [0.5, 0.6) is 0 Å². The summed E-state index contributed by atoms with van der Waals surface area (Å²) in [6, 6.07) is 89.8. The van der Waals surface area contributed by atoms with Gasteiger partial charge < -0.3 is 0 Å². The summed E-state index contributed by atoms with van der Waals surface area (Å²) < 4.78 is 0. The van der Waals surface area contributed by atoms with Crippen molar-refractivity contribution in [3.05, 3.63) is 268 Å². The van der Waals surface area contributed by atoms with E-state index in [0.717, 1.165) is 0 Å². The number of hydrogen-bond donors (Lipinski definition) is 0. The van der Waals surface area contributed by atoms with Crippen molar-refractivity contribution in [2.75, 3.05) is 0 Å². The quantitative estimate of drug-likeness (QED) is 0.0845. The van der Waals surface area contributed by atoms with Crippen LogP contribution < -0.4 is 47.7 Å². The zero-order valence-corrected chi connectivity index (χ0v) is 47.2. The van der Waals surface area contributed by atoms with Gasteiger partial charge in [0.1, 0.15) is 0 Å². The minimum atomic E-state index is -3.48. The molecule has 0 heterocycles. The molecular formula is C63H66CoIP3. The van der Waals surface area contributed by atoms with Crippen LogP contribution in [-0.4, -0.2) is 0 Å². The van der Waals surface area contributed by atoms with E-state index in [1.807, 2.05) is 0 Å². The topological polar surface area (TPSA) is 0 Å². The summed E-state index contributed by atoms with van der Waals surface area (Å²) in [6.07, 6.45) is 0. The minimum absolute atomic E-state index is 1.28. The van der Waals surface area contributed by atoms with E-state index >= 15 is 0 Å². The van der Waals surface area contributed by atoms with Gasteiger partial charge in [0.05, 0.1) is 0 Å². The molecule has 9 rings (SSSR count). The second-order valence-electron chi connectivity index (χ2n) is 19.1. The van der Waals surface area contributed by atoms with Gasteiger partial charge in [0, 0.05) is 0 Å². The first kappa shape index (κ1) is 48.5. The van der Waals surface area contributed by atoms with Gasteiger partial charge in [-0.05, 0) is 0 Å². The van der Waals surface area contributed by atoms with Crippen molar-refractivity contribution in [2.45, 2.75) is 62.3 Å². The number of halogens is 1. The molecule has 9 aromatic rings. The summed E-state index contributed by atoms with van der Waals surface area (Å²) in [5, 5.41) is 13.3. The average Bonchev–Trinajstić information content (AvgIpc) is 3.34. The molecule has 0 radical (unpaired) electrons. The van der Waals surface area contributed by atoms with Crippen LogP contribution in [-0.2, 0) is 8.09 Å². The van der Waals surface area contributed by atoms with Gasteiger partial charge in [-0.1, -0.05) is 0 Å². The Labute approximate surface area is 421 Å². The SMILES string of the molecule is Cc1ccc([PH](c2ccc(C)cc2)(c2ccc(C)cc2)[Co]([I])([PH](c2ccc(C)cc2)(c2ccc(C)cc2)c2ccc(C)cc2)[PH](c2ccc(C)cc2)(c2ccc(C)cc2)c2ccc(C)cc2)cc1. The Morgan fingerprint density at radius 1 is 0.191 bits per heavy atom. The van der Waals surface area contributed by atoms with Crippen LogP contribution in [0.4, 0.5) is 0 Å². The summed E-state index contributed by atoms with van der Waals surface area (Å²) in [5.74, 6) is -10.4. The zero-order valence-electron chi connectivity index (χ0n) is 41.0. The fraction of sp³-hybridized carbons (Fsp3) is 0.143. The molecule has 0 nitrogen and oxygen atoms in total. The molecule has 5 heteroatoms. The molecule has 0 aliphatic carbocycles. The van der Waals surface area contributed by atoms with Crippen molar-refractivity contribution in [3.8, 4) is 0 Å². The number of benzene rings is 9. The number of hydrogen-bond acceptors (Lipinski definition) is 0. The maximum absolute atomic E-state index is 3.48. The van der Waals surface area contributed by atoms with Crippen LogP contribution in [0.25, 0.3) is 0 Å². The van der Waals surface area contributed by atoms with Gasteiger partial charge in [-0.25, -0.2) is 0 Å². The first-order valence-corrected chi connectivity index (χ1v) is 37.3. The molecule has 0 aromatic heterocycles. The maximum atomic E-state index is 3.42. The first-order valence-electron chi connectivity index (χ1n) is 23.8. The Hall–Kier alpha value is -4.49. The predicted octanol–water partition coefficient (Wildman–Crippen LogP) is 13.2. The van der Waals surface area contributed by atoms with E-state index in [1.54, 1.807) is 0 Å². The average molecular weight is 1100 g/mol. The normalized spacial score (nSPS) is 14.1. The fourth-order valence-electron chi connectivity index (χ4n) is 10.2. The van der Waals surface area contributed by atoms with Gasteiger partial charge in [0.2, 0.25) is 0 Å². The molecule has 0 amide bonds. The molecule has 0 unspecified atom stereocenters. The van der Waals surface area contributed by atoms with Crippen LogP contribution in [0.3, 0.4) is 0 Å². The van der Waals surface area contributed by atoms with Gasteiger partial charge in [-0.3, -0.25) is 0 Å². The van der Waals surface area contributed by atoms with Crippen molar-refractivity contribution in [1.82, 2.24) is 0 Å². The molecule has 0 fully saturated rings. The molecular weight excluding hydrogens is 1040 g/mol. The third kappa shape index (κ3) is 8.12. The monoisotopic (exact) mass is 1100 g/mol. The zero-order chi connectivity index (χ0) is 47.8. The van der Waals surface area contributed by atoms with E-state index in [2.05, 4.69) is 301 Å². The Balaban J connectivity index is 1.74. The molecule has 9 aromatic carbocycles. The Bertz CT molecular complexity index is 2460. The molecule has 0 bridgehead atoms. The van der Waals surface area contributed by atoms with Crippen molar-refractivity contribution in [3.63, 3.8) is 0 Å².